The Labute approximate surface area is 99.6 Å². The summed E-state index contributed by atoms with van der Waals surface area (Å²) in [6, 6.07) is 0. The summed E-state index contributed by atoms with van der Waals surface area (Å²) in [4.78, 5) is 1.48. The molecule has 0 radical (unpaired) electrons. The van der Waals surface area contributed by atoms with E-state index in [1.807, 2.05) is 0 Å². The quantitative estimate of drug-likeness (QED) is 0.594. The highest BCUT2D eigenvalue weighted by Gasteiger charge is 2.24. The molecule has 0 N–H and O–H groups in total. The van der Waals surface area contributed by atoms with Crippen molar-refractivity contribution in [2.24, 2.45) is 11.4 Å². The normalized spacial score (nSPS) is 12.3. The molecule has 0 amide bonds. The van der Waals surface area contributed by atoms with E-state index < -0.39 is 10.0 Å². The van der Waals surface area contributed by atoms with Gasteiger partial charge < -0.3 is 4.90 Å². The summed E-state index contributed by atoms with van der Waals surface area (Å²) in [7, 11) is 1.14. The minimum atomic E-state index is -3.78. The van der Waals surface area contributed by atoms with Gasteiger partial charge in [0, 0.05) is 21.1 Å². The molecule has 0 saturated carbocycles. The first-order valence-electron chi connectivity index (χ1n) is 4.41. The number of aryl methyl sites for hydroxylation is 2. The van der Waals surface area contributed by atoms with E-state index in [9.17, 15) is 8.42 Å². The Morgan fingerprint density at radius 1 is 1.50 bits per heavy atom. The van der Waals surface area contributed by atoms with E-state index in [1.54, 1.807) is 28.1 Å². The Morgan fingerprint density at radius 2 is 2.06 bits per heavy atom. The molecule has 0 fully saturated rings. The Morgan fingerprint density at radius 3 is 2.44 bits per heavy atom. The Bertz CT molecular complexity index is 518. The Hall–Kier alpha value is -1.08. The van der Waals surface area contributed by atoms with Crippen LogP contribution in [0.25, 0.3) is 0 Å². The summed E-state index contributed by atoms with van der Waals surface area (Å²) in [5.41, 5.74) is 0.336. The van der Waals surface area contributed by atoms with Crippen LogP contribution >= 0.6 is 11.6 Å². The van der Waals surface area contributed by atoms with Gasteiger partial charge in [0.2, 0.25) is 0 Å². The molecule has 1 heterocycles. The molecule has 0 aromatic carbocycles. The summed E-state index contributed by atoms with van der Waals surface area (Å²) in [5.74, 6) is 0. The number of rotatable bonds is 3. The lowest BCUT2D eigenvalue weighted by atomic mass is 10.5. The average molecular weight is 265 g/mol. The van der Waals surface area contributed by atoms with Crippen LogP contribution in [0.4, 0.5) is 0 Å². The number of hydrogen-bond donors (Lipinski definition) is 0. The van der Waals surface area contributed by atoms with Crippen molar-refractivity contribution in [2.75, 3.05) is 14.1 Å². The minimum absolute atomic E-state index is 0.0465. The lowest BCUT2D eigenvalue weighted by molar-refractivity contribution is 0.594. The molecule has 1 aromatic rings. The average Bonchev–Trinajstić information content (AvgIpc) is 2.38. The second kappa shape index (κ2) is 4.42. The van der Waals surface area contributed by atoms with Crippen molar-refractivity contribution < 1.29 is 8.42 Å². The van der Waals surface area contributed by atoms with Crippen molar-refractivity contribution in [2.45, 2.75) is 11.8 Å². The number of sulfonamides is 1. The first-order chi connectivity index (χ1) is 7.25. The van der Waals surface area contributed by atoms with Gasteiger partial charge in [-0.25, -0.2) is 0 Å². The third-order valence-electron chi connectivity index (χ3n) is 1.77. The van der Waals surface area contributed by atoms with Gasteiger partial charge in [-0.2, -0.15) is 13.5 Å². The first-order valence-corrected chi connectivity index (χ1v) is 6.23. The standard InChI is InChI=1S/C8H13ClN4O2S/c1-6-7(8(9)13(4)11-6)16(14,15)10-5-12(2)3/h5H,1-4H3/b10-5+. The van der Waals surface area contributed by atoms with Crippen molar-refractivity contribution in [1.29, 1.82) is 0 Å². The molecule has 6 nitrogen and oxygen atoms in total. The lowest BCUT2D eigenvalue weighted by Crippen LogP contribution is -2.10. The predicted octanol–water partition coefficient (Wildman–Crippen LogP) is 0.661. The van der Waals surface area contributed by atoms with Gasteiger partial charge in [0.1, 0.15) is 16.4 Å². The molecule has 1 rings (SSSR count). The van der Waals surface area contributed by atoms with E-state index in [1.165, 1.54) is 15.9 Å². The molecule has 0 aliphatic rings. The van der Waals surface area contributed by atoms with Crippen molar-refractivity contribution in [1.82, 2.24) is 14.7 Å². The summed E-state index contributed by atoms with van der Waals surface area (Å²) in [6.07, 6.45) is 1.21. The smallest absolute Gasteiger partial charge is 0.288 e. The zero-order chi connectivity index (χ0) is 12.5. The van der Waals surface area contributed by atoms with E-state index in [0.717, 1.165) is 0 Å². The number of halogens is 1. The van der Waals surface area contributed by atoms with E-state index in [2.05, 4.69) is 9.50 Å². The van der Waals surface area contributed by atoms with Gasteiger partial charge in [0.25, 0.3) is 10.0 Å². The fourth-order valence-electron chi connectivity index (χ4n) is 1.11. The fourth-order valence-corrected chi connectivity index (χ4v) is 2.76. The first kappa shape index (κ1) is 13.0. The molecule has 0 aliphatic heterocycles. The van der Waals surface area contributed by atoms with Crippen molar-refractivity contribution in [3.63, 3.8) is 0 Å². The van der Waals surface area contributed by atoms with E-state index >= 15 is 0 Å². The van der Waals surface area contributed by atoms with Crippen LogP contribution in [0.2, 0.25) is 5.15 Å². The van der Waals surface area contributed by atoms with E-state index in [-0.39, 0.29) is 10.0 Å². The van der Waals surface area contributed by atoms with Crippen molar-refractivity contribution >= 4 is 28.0 Å². The van der Waals surface area contributed by atoms with Crippen LogP contribution in [0, 0.1) is 6.92 Å². The maximum atomic E-state index is 11.8. The predicted molar refractivity (Wildman–Crippen MR) is 62.3 cm³/mol. The van der Waals surface area contributed by atoms with Crippen LogP contribution in [0.1, 0.15) is 5.69 Å². The third-order valence-corrected chi connectivity index (χ3v) is 3.70. The second-order valence-electron chi connectivity index (χ2n) is 3.49. The summed E-state index contributed by atoms with van der Waals surface area (Å²) in [5, 5.41) is 3.99. The molecule has 0 aliphatic carbocycles. The molecule has 16 heavy (non-hydrogen) atoms. The minimum Gasteiger partial charge on any atom is -0.368 e. The highest BCUT2D eigenvalue weighted by Crippen LogP contribution is 2.25. The molecule has 0 saturated heterocycles. The molecule has 0 spiro atoms. The summed E-state index contributed by atoms with van der Waals surface area (Å²) < 4.78 is 28.5. The second-order valence-corrected chi connectivity index (χ2v) is 5.42. The van der Waals surface area contributed by atoms with Crippen LogP contribution < -0.4 is 0 Å². The molecular weight excluding hydrogens is 252 g/mol. The molecular formula is C8H13ClN4O2S. The van der Waals surface area contributed by atoms with Crippen LogP contribution in [0.3, 0.4) is 0 Å². The van der Waals surface area contributed by atoms with Gasteiger partial charge in [-0.15, -0.1) is 4.40 Å². The van der Waals surface area contributed by atoms with Crippen LogP contribution in [0.15, 0.2) is 9.29 Å². The van der Waals surface area contributed by atoms with Gasteiger partial charge in [0.15, 0.2) is 0 Å². The van der Waals surface area contributed by atoms with Crippen molar-refractivity contribution in [3.8, 4) is 0 Å². The van der Waals surface area contributed by atoms with Gasteiger partial charge in [-0.05, 0) is 6.92 Å². The largest absolute Gasteiger partial charge is 0.368 e. The number of hydrogen-bond acceptors (Lipinski definition) is 3. The number of nitrogens with zero attached hydrogens (tertiary/aromatic N) is 4. The SMILES string of the molecule is Cc1nn(C)c(Cl)c1S(=O)(=O)/N=C/N(C)C. The van der Waals surface area contributed by atoms with Gasteiger partial charge in [-0.3, -0.25) is 4.68 Å². The number of aromatic nitrogens is 2. The molecule has 0 bridgehead atoms. The molecule has 0 atom stereocenters. The van der Waals surface area contributed by atoms with Crippen LogP contribution in [-0.4, -0.2) is 43.5 Å². The van der Waals surface area contributed by atoms with Gasteiger partial charge in [0.05, 0.1) is 5.69 Å². The maximum Gasteiger partial charge on any atom is 0.288 e. The van der Waals surface area contributed by atoms with E-state index in [4.69, 9.17) is 11.6 Å². The molecule has 1 aromatic heterocycles. The zero-order valence-corrected chi connectivity index (χ0v) is 11.0. The fraction of sp³-hybridized carbons (Fsp3) is 0.500. The van der Waals surface area contributed by atoms with E-state index in [0.29, 0.717) is 5.69 Å². The molecule has 0 unspecified atom stereocenters. The highest BCUT2D eigenvalue weighted by atomic mass is 35.5. The topological polar surface area (TPSA) is 67.6 Å². The van der Waals surface area contributed by atoms with Gasteiger partial charge in [-0.1, -0.05) is 11.6 Å². The summed E-state index contributed by atoms with van der Waals surface area (Å²) in [6.45, 7) is 1.57. The zero-order valence-electron chi connectivity index (χ0n) is 9.47. The van der Waals surface area contributed by atoms with Crippen LogP contribution in [-0.2, 0) is 17.1 Å². The Balaban J connectivity index is 3.28. The third kappa shape index (κ3) is 2.53. The Kier molecular flexibility index (Phi) is 3.59. The monoisotopic (exact) mass is 264 g/mol. The lowest BCUT2D eigenvalue weighted by Gasteiger charge is -2.02. The molecule has 8 heteroatoms. The maximum absolute atomic E-state index is 11.8. The summed E-state index contributed by atoms with van der Waals surface area (Å²) >= 11 is 5.85. The van der Waals surface area contributed by atoms with Gasteiger partial charge >= 0.3 is 0 Å². The molecule has 90 valence electrons. The highest BCUT2D eigenvalue weighted by molar-refractivity contribution is 7.90. The van der Waals surface area contributed by atoms with Crippen molar-refractivity contribution in [3.05, 3.63) is 10.8 Å². The van der Waals surface area contributed by atoms with Crippen LogP contribution in [0.5, 0.6) is 0 Å².